The average molecular weight is 279 g/mol. The minimum absolute atomic E-state index is 0.187. The highest BCUT2D eigenvalue weighted by atomic mass is 16.5. The Labute approximate surface area is 118 Å². The van der Waals surface area contributed by atoms with E-state index in [-0.39, 0.29) is 5.91 Å². The molecule has 0 unspecified atom stereocenters. The van der Waals surface area contributed by atoms with Crippen molar-refractivity contribution in [3.8, 4) is 0 Å². The Kier molecular flexibility index (Phi) is 4.57. The van der Waals surface area contributed by atoms with E-state index in [4.69, 9.17) is 4.74 Å². The lowest BCUT2D eigenvalue weighted by Gasteiger charge is -2.35. The van der Waals surface area contributed by atoms with Crippen LogP contribution in [0.4, 0.5) is 5.69 Å². The van der Waals surface area contributed by atoms with Crippen LogP contribution in [0.25, 0.3) is 0 Å². The molecule has 0 atom stereocenters. The van der Waals surface area contributed by atoms with Crippen LogP contribution in [0.5, 0.6) is 0 Å². The quantitative estimate of drug-likeness (QED) is 0.850. The van der Waals surface area contributed by atoms with Crippen LogP contribution >= 0.6 is 0 Å². The van der Waals surface area contributed by atoms with Gasteiger partial charge in [-0.1, -0.05) is 0 Å². The molecule has 6 heteroatoms. The van der Waals surface area contributed by atoms with Gasteiger partial charge < -0.3 is 20.1 Å². The first-order valence-electron chi connectivity index (χ1n) is 6.73. The number of pyridine rings is 1. The molecule has 6 nitrogen and oxygen atoms in total. The first kappa shape index (κ1) is 14.7. The zero-order valence-corrected chi connectivity index (χ0v) is 11.9. The number of likely N-dealkylation sites (N-methyl/N-ethyl adjacent to an activating group) is 1. The Hall–Kier alpha value is -1.66. The number of nitrogens with one attached hydrogen (secondary N) is 1. The second-order valence-electron chi connectivity index (χ2n) is 5.18. The highest BCUT2D eigenvalue weighted by molar-refractivity contribution is 5.92. The van der Waals surface area contributed by atoms with E-state index >= 15 is 0 Å². The van der Waals surface area contributed by atoms with Gasteiger partial charge in [-0.15, -0.1) is 0 Å². The fourth-order valence-electron chi connectivity index (χ4n) is 2.29. The van der Waals surface area contributed by atoms with Gasteiger partial charge in [0.15, 0.2) is 0 Å². The Morgan fingerprint density at radius 3 is 2.75 bits per heavy atom. The van der Waals surface area contributed by atoms with E-state index in [2.05, 4.69) is 10.3 Å². The molecule has 0 aliphatic carbocycles. The van der Waals surface area contributed by atoms with E-state index in [1.807, 2.05) is 0 Å². The Morgan fingerprint density at radius 2 is 2.20 bits per heavy atom. The SMILES string of the molecule is CNc1ccc(C(=O)N(C)CC2(O)CCOCC2)nc1. The highest BCUT2D eigenvalue weighted by Gasteiger charge is 2.32. The van der Waals surface area contributed by atoms with Crippen molar-refractivity contribution in [1.29, 1.82) is 0 Å². The zero-order chi connectivity index (χ0) is 14.6. The van der Waals surface area contributed by atoms with Gasteiger partial charge in [0, 0.05) is 46.7 Å². The monoisotopic (exact) mass is 279 g/mol. The van der Waals surface area contributed by atoms with E-state index in [1.165, 1.54) is 4.90 Å². The number of nitrogens with zero attached hydrogens (tertiary/aromatic N) is 2. The maximum atomic E-state index is 12.3. The molecule has 20 heavy (non-hydrogen) atoms. The predicted molar refractivity (Wildman–Crippen MR) is 75.7 cm³/mol. The predicted octanol–water partition coefficient (Wildman–Crippen LogP) is 0.737. The van der Waals surface area contributed by atoms with Gasteiger partial charge in [0.05, 0.1) is 17.5 Å². The molecule has 1 amide bonds. The fraction of sp³-hybridized carbons (Fsp3) is 0.571. The largest absolute Gasteiger partial charge is 0.388 e. The van der Waals surface area contributed by atoms with Crippen LogP contribution in [0, 0.1) is 0 Å². The van der Waals surface area contributed by atoms with Crippen molar-refractivity contribution in [2.45, 2.75) is 18.4 Å². The van der Waals surface area contributed by atoms with Gasteiger partial charge in [0.1, 0.15) is 5.69 Å². The van der Waals surface area contributed by atoms with Gasteiger partial charge >= 0.3 is 0 Å². The molecular weight excluding hydrogens is 258 g/mol. The summed E-state index contributed by atoms with van der Waals surface area (Å²) in [6.07, 6.45) is 2.72. The highest BCUT2D eigenvalue weighted by Crippen LogP contribution is 2.21. The summed E-state index contributed by atoms with van der Waals surface area (Å²) in [4.78, 5) is 17.9. The van der Waals surface area contributed by atoms with Gasteiger partial charge in [-0.3, -0.25) is 4.79 Å². The van der Waals surface area contributed by atoms with E-state index in [9.17, 15) is 9.90 Å². The second-order valence-corrected chi connectivity index (χ2v) is 5.18. The molecule has 2 rings (SSSR count). The van der Waals surface area contributed by atoms with Crippen LogP contribution in [0.2, 0.25) is 0 Å². The molecule has 2 N–H and O–H groups in total. The number of rotatable bonds is 4. The Morgan fingerprint density at radius 1 is 1.50 bits per heavy atom. The maximum Gasteiger partial charge on any atom is 0.272 e. The summed E-state index contributed by atoms with van der Waals surface area (Å²) in [6.45, 7) is 1.37. The van der Waals surface area contributed by atoms with Crippen LogP contribution in [-0.4, -0.2) is 60.4 Å². The number of ether oxygens (including phenoxy) is 1. The van der Waals surface area contributed by atoms with Gasteiger partial charge in [-0.05, 0) is 12.1 Å². The molecule has 0 bridgehead atoms. The molecule has 1 fully saturated rings. The molecule has 1 aromatic heterocycles. The molecule has 1 saturated heterocycles. The smallest absolute Gasteiger partial charge is 0.272 e. The third-order valence-corrected chi connectivity index (χ3v) is 3.57. The van der Waals surface area contributed by atoms with Crippen molar-refractivity contribution >= 4 is 11.6 Å². The number of amides is 1. The van der Waals surface area contributed by atoms with Crippen LogP contribution in [0.3, 0.4) is 0 Å². The molecular formula is C14H21N3O3. The topological polar surface area (TPSA) is 74.7 Å². The summed E-state index contributed by atoms with van der Waals surface area (Å²) >= 11 is 0. The number of hydrogen-bond acceptors (Lipinski definition) is 5. The van der Waals surface area contributed by atoms with Crippen molar-refractivity contribution in [1.82, 2.24) is 9.88 Å². The summed E-state index contributed by atoms with van der Waals surface area (Å²) < 4.78 is 5.23. The van der Waals surface area contributed by atoms with Crippen LogP contribution in [-0.2, 0) is 4.74 Å². The summed E-state index contributed by atoms with van der Waals surface area (Å²) in [5, 5.41) is 13.4. The number of carbonyl (C=O) groups is 1. The average Bonchev–Trinajstić information content (AvgIpc) is 2.47. The third kappa shape index (κ3) is 3.46. The summed E-state index contributed by atoms with van der Waals surface area (Å²) in [5.74, 6) is -0.187. The summed E-state index contributed by atoms with van der Waals surface area (Å²) in [7, 11) is 3.48. The molecule has 0 radical (unpaired) electrons. The van der Waals surface area contributed by atoms with Crippen molar-refractivity contribution in [3.05, 3.63) is 24.0 Å². The molecule has 0 spiro atoms. The van der Waals surface area contributed by atoms with Crippen molar-refractivity contribution in [2.24, 2.45) is 0 Å². The minimum Gasteiger partial charge on any atom is -0.388 e. The van der Waals surface area contributed by atoms with Crippen molar-refractivity contribution < 1.29 is 14.6 Å². The summed E-state index contributed by atoms with van der Waals surface area (Å²) in [5.41, 5.74) is 0.377. The first-order chi connectivity index (χ1) is 9.54. The van der Waals surface area contributed by atoms with Gasteiger partial charge in [-0.2, -0.15) is 0 Å². The molecule has 1 aliphatic heterocycles. The lowest BCUT2D eigenvalue weighted by molar-refractivity contribution is -0.0734. The van der Waals surface area contributed by atoms with E-state index in [1.54, 1.807) is 32.4 Å². The lowest BCUT2D eigenvalue weighted by atomic mass is 9.94. The van der Waals surface area contributed by atoms with Gasteiger partial charge in [0.2, 0.25) is 0 Å². The Balaban J connectivity index is 2.00. The molecule has 110 valence electrons. The standard InChI is InChI=1S/C14H21N3O3/c1-15-11-3-4-12(16-9-11)13(18)17(2)10-14(19)5-7-20-8-6-14/h3-4,9,15,19H,5-8,10H2,1-2H3. The summed E-state index contributed by atoms with van der Waals surface area (Å²) in [6, 6.07) is 3.48. The normalized spacial score (nSPS) is 17.6. The molecule has 1 aromatic rings. The zero-order valence-electron chi connectivity index (χ0n) is 11.9. The van der Waals surface area contributed by atoms with E-state index < -0.39 is 5.60 Å². The van der Waals surface area contributed by atoms with E-state index in [0.717, 1.165) is 5.69 Å². The number of aromatic nitrogens is 1. The second kappa shape index (κ2) is 6.19. The van der Waals surface area contributed by atoms with Crippen LogP contribution < -0.4 is 5.32 Å². The number of anilines is 1. The van der Waals surface area contributed by atoms with Gasteiger partial charge in [0.25, 0.3) is 5.91 Å². The number of aliphatic hydroxyl groups is 1. The molecule has 0 saturated carbocycles. The number of carbonyl (C=O) groups excluding carboxylic acids is 1. The lowest BCUT2D eigenvalue weighted by Crippen LogP contribution is -2.47. The van der Waals surface area contributed by atoms with Crippen LogP contribution in [0.15, 0.2) is 18.3 Å². The van der Waals surface area contributed by atoms with Gasteiger partial charge in [-0.25, -0.2) is 4.98 Å². The van der Waals surface area contributed by atoms with E-state index in [0.29, 0.717) is 38.3 Å². The Bertz CT molecular complexity index is 455. The number of hydrogen-bond donors (Lipinski definition) is 2. The molecule has 2 heterocycles. The fourth-order valence-corrected chi connectivity index (χ4v) is 2.29. The molecule has 1 aliphatic rings. The van der Waals surface area contributed by atoms with Crippen molar-refractivity contribution in [2.75, 3.05) is 39.2 Å². The minimum atomic E-state index is -0.854. The third-order valence-electron chi connectivity index (χ3n) is 3.57. The first-order valence-corrected chi connectivity index (χ1v) is 6.73. The molecule has 0 aromatic carbocycles. The van der Waals surface area contributed by atoms with Crippen molar-refractivity contribution in [3.63, 3.8) is 0 Å². The van der Waals surface area contributed by atoms with Crippen LogP contribution in [0.1, 0.15) is 23.3 Å². The maximum absolute atomic E-state index is 12.3.